The number of nitrogens with zero attached hydrogens (tertiary/aromatic N) is 1. The zero-order valence-corrected chi connectivity index (χ0v) is 15.1. The highest BCUT2D eigenvalue weighted by Gasteiger charge is 2.38. The van der Waals surface area contributed by atoms with Crippen molar-refractivity contribution in [2.45, 2.75) is 10.9 Å². The molecule has 1 heterocycles. The van der Waals surface area contributed by atoms with Crippen molar-refractivity contribution in [3.8, 4) is 11.5 Å². The molecule has 0 saturated carbocycles. The molecular weight excluding hydrogens is 382 g/mol. The summed E-state index contributed by atoms with van der Waals surface area (Å²) in [4.78, 5) is 11.3. The Kier molecular flexibility index (Phi) is 5.47. The molecule has 2 aromatic rings. The molecule has 2 aromatic carbocycles. The standard InChI is InChI=1S/C17H16ClNO6S/c18-12-1-3-13(4-2-12)25-14-5-7-15(8-6-14)26(22,23)19-9-10-24-11-16(19)17(20)21/h1-8,16H,9-11H2,(H,20,21)/t16-/m1/s1. The van der Waals surface area contributed by atoms with Crippen LogP contribution in [0.5, 0.6) is 11.5 Å². The molecule has 9 heteroatoms. The number of carboxylic acid groups (broad SMARTS) is 1. The van der Waals surface area contributed by atoms with Crippen LogP contribution in [0.4, 0.5) is 0 Å². The number of rotatable bonds is 5. The molecule has 1 atom stereocenters. The Hall–Kier alpha value is -2.13. The number of carbonyl (C=O) groups is 1. The molecule has 1 aliphatic heterocycles. The number of ether oxygens (including phenoxy) is 2. The minimum absolute atomic E-state index is 0.00546. The van der Waals surface area contributed by atoms with Crippen molar-refractivity contribution in [2.24, 2.45) is 0 Å². The number of carboxylic acids is 1. The third-order valence-electron chi connectivity index (χ3n) is 3.84. The second-order valence-corrected chi connectivity index (χ2v) is 7.90. The fourth-order valence-electron chi connectivity index (χ4n) is 2.52. The van der Waals surface area contributed by atoms with E-state index in [2.05, 4.69) is 0 Å². The normalized spacial score (nSPS) is 18.4. The average molecular weight is 398 g/mol. The van der Waals surface area contributed by atoms with Crippen molar-refractivity contribution < 1.29 is 27.8 Å². The van der Waals surface area contributed by atoms with E-state index >= 15 is 0 Å². The van der Waals surface area contributed by atoms with Gasteiger partial charge < -0.3 is 14.6 Å². The minimum Gasteiger partial charge on any atom is -0.480 e. The highest BCUT2D eigenvalue weighted by Crippen LogP contribution is 2.26. The van der Waals surface area contributed by atoms with Gasteiger partial charge in [0, 0.05) is 11.6 Å². The minimum atomic E-state index is -3.95. The smallest absolute Gasteiger partial charge is 0.324 e. The maximum absolute atomic E-state index is 12.8. The third kappa shape index (κ3) is 3.99. The highest BCUT2D eigenvalue weighted by molar-refractivity contribution is 7.89. The number of halogens is 1. The van der Waals surface area contributed by atoms with Crippen molar-refractivity contribution >= 4 is 27.6 Å². The van der Waals surface area contributed by atoms with Gasteiger partial charge in [-0.1, -0.05) is 11.6 Å². The molecule has 0 aromatic heterocycles. The Balaban J connectivity index is 1.80. The Morgan fingerprint density at radius 1 is 1.12 bits per heavy atom. The molecule has 26 heavy (non-hydrogen) atoms. The molecule has 0 unspecified atom stereocenters. The van der Waals surface area contributed by atoms with Gasteiger partial charge in [0.05, 0.1) is 18.1 Å². The molecule has 3 rings (SSSR count). The molecule has 1 fully saturated rings. The maximum atomic E-state index is 12.8. The molecular formula is C17H16ClNO6S. The summed E-state index contributed by atoms with van der Waals surface area (Å²) in [7, 11) is -3.95. The van der Waals surface area contributed by atoms with E-state index in [4.69, 9.17) is 21.1 Å². The van der Waals surface area contributed by atoms with Gasteiger partial charge in [-0.3, -0.25) is 4.79 Å². The molecule has 0 bridgehead atoms. The quantitative estimate of drug-likeness (QED) is 0.833. The summed E-state index contributed by atoms with van der Waals surface area (Å²) in [5.74, 6) is -0.233. The summed E-state index contributed by atoms with van der Waals surface area (Å²) in [6.45, 7) is -0.0323. The van der Waals surface area contributed by atoms with Gasteiger partial charge in [-0.15, -0.1) is 0 Å². The summed E-state index contributed by atoms with van der Waals surface area (Å²) in [6, 6.07) is 11.3. The van der Waals surface area contributed by atoms with Gasteiger partial charge in [0.1, 0.15) is 17.5 Å². The molecule has 0 amide bonds. The maximum Gasteiger partial charge on any atom is 0.324 e. The Bertz CT molecular complexity index is 882. The van der Waals surface area contributed by atoms with E-state index in [1.807, 2.05) is 0 Å². The van der Waals surface area contributed by atoms with E-state index in [0.29, 0.717) is 16.5 Å². The van der Waals surface area contributed by atoms with Crippen LogP contribution in [0.15, 0.2) is 53.4 Å². The predicted octanol–water partition coefficient (Wildman–Crippen LogP) is 2.61. The summed E-state index contributed by atoms with van der Waals surface area (Å²) < 4.78 is 37.2. The lowest BCUT2D eigenvalue weighted by Gasteiger charge is -2.31. The number of sulfonamides is 1. The highest BCUT2D eigenvalue weighted by atomic mass is 35.5. The summed E-state index contributed by atoms with van der Waals surface area (Å²) >= 11 is 5.82. The van der Waals surface area contributed by atoms with Crippen molar-refractivity contribution in [1.82, 2.24) is 4.31 Å². The van der Waals surface area contributed by atoms with Crippen LogP contribution in [0.3, 0.4) is 0 Å². The van der Waals surface area contributed by atoms with Crippen LogP contribution in [0.25, 0.3) is 0 Å². The lowest BCUT2D eigenvalue weighted by molar-refractivity contribution is -0.146. The average Bonchev–Trinajstić information content (AvgIpc) is 2.64. The topological polar surface area (TPSA) is 93.1 Å². The van der Waals surface area contributed by atoms with Gasteiger partial charge >= 0.3 is 5.97 Å². The summed E-state index contributed by atoms with van der Waals surface area (Å²) in [5.41, 5.74) is 0. The second-order valence-electron chi connectivity index (χ2n) is 5.57. The molecule has 138 valence electrons. The van der Waals surface area contributed by atoms with E-state index in [1.165, 1.54) is 24.3 Å². The number of morpholine rings is 1. The second kappa shape index (κ2) is 7.63. The van der Waals surface area contributed by atoms with Crippen LogP contribution in [0, 0.1) is 0 Å². The molecule has 7 nitrogen and oxygen atoms in total. The molecule has 1 saturated heterocycles. The van der Waals surface area contributed by atoms with Crippen LogP contribution >= 0.6 is 11.6 Å². The van der Waals surface area contributed by atoms with Crippen LogP contribution in [0.2, 0.25) is 5.02 Å². The van der Waals surface area contributed by atoms with Crippen LogP contribution in [-0.2, 0) is 19.6 Å². The number of hydrogen-bond acceptors (Lipinski definition) is 5. The van der Waals surface area contributed by atoms with Crippen LogP contribution < -0.4 is 4.74 Å². The lowest BCUT2D eigenvalue weighted by Crippen LogP contribution is -2.52. The number of hydrogen-bond donors (Lipinski definition) is 1. The zero-order chi connectivity index (χ0) is 18.7. The van der Waals surface area contributed by atoms with E-state index in [9.17, 15) is 18.3 Å². The first-order chi connectivity index (χ1) is 12.4. The molecule has 1 N–H and O–H groups in total. The monoisotopic (exact) mass is 397 g/mol. The zero-order valence-electron chi connectivity index (χ0n) is 13.5. The van der Waals surface area contributed by atoms with Crippen LogP contribution in [-0.4, -0.2) is 49.6 Å². The largest absolute Gasteiger partial charge is 0.480 e. The third-order valence-corrected chi connectivity index (χ3v) is 6.02. The van der Waals surface area contributed by atoms with E-state index in [1.54, 1.807) is 24.3 Å². The molecule has 0 aliphatic carbocycles. The van der Waals surface area contributed by atoms with Crippen molar-refractivity contribution in [3.05, 3.63) is 53.6 Å². The summed E-state index contributed by atoms with van der Waals surface area (Å²) in [6.07, 6.45) is 0. The molecule has 1 aliphatic rings. The van der Waals surface area contributed by atoms with E-state index in [-0.39, 0.29) is 24.7 Å². The van der Waals surface area contributed by atoms with Gasteiger partial charge in [-0.2, -0.15) is 4.31 Å². The lowest BCUT2D eigenvalue weighted by atomic mass is 10.3. The fraction of sp³-hybridized carbons (Fsp3) is 0.235. The Morgan fingerprint density at radius 3 is 2.27 bits per heavy atom. The van der Waals surface area contributed by atoms with Crippen molar-refractivity contribution in [3.63, 3.8) is 0 Å². The van der Waals surface area contributed by atoms with Gasteiger partial charge in [-0.05, 0) is 48.5 Å². The number of aliphatic carboxylic acids is 1. The van der Waals surface area contributed by atoms with Gasteiger partial charge in [0.2, 0.25) is 10.0 Å². The fourth-order valence-corrected chi connectivity index (χ4v) is 4.20. The predicted molar refractivity (Wildman–Crippen MR) is 94.1 cm³/mol. The first-order valence-electron chi connectivity index (χ1n) is 7.74. The molecule has 0 radical (unpaired) electrons. The first kappa shape index (κ1) is 18.7. The molecule has 0 spiro atoms. The van der Waals surface area contributed by atoms with Crippen LogP contribution in [0.1, 0.15) is 0 Å². The van der Waals surface area contributed by atoms with E-state index < -0.39 is 22.0 Å². The van der Waals surface area contributed by atoms with Crippen molar-refractivity contribution in [2.75, 3.05) is 19.8 Å². The van der Waals surface area contributed by atoms with Gasteiger partial charge in [0.25, 0.3) is 0 Å². The SMILES string of the molecule is O=C(O)[C@H]1COCCN1S(=O)(=O)c1ccc(Oc2ccc(Cl)cc2)cc1. The first-order valence-corrected chi connectivity index (χ1v) is 9.55. The summed E-state index contributed by atoms with van der Waals surface area (Å²) in [5, 5.41) is 9.81. The van der Waals surface area contributed by atoms with E-state index in [0.717, 1.165) is 4.31 Å². The van der Waals surface area contributed by atoms with Gasteiger partial charge in [0.15, 0.2) is 0 Å². The van der Waals surface area contributed by atoms with Crippen molar-refractivity contribution in [1.29, 1.82) is 0 Å². The van der Waals surface area contributed by atoms with Gasteiger partial charge in [-0.25, -0.2) is 8.42 Å². The Morgan fingerprint density at radius 2 is 1.69 bits per heavy atom. The Labute approximate surface area is 155 Å². The number of benzene rings is 2.